The van der Waals surface area contributed by atoms with Gasteiger partial charge in [0, 0.05) is 35.0 Å². The molecule has 3 rings (SSSR count). The van der Waals surface area contributed by atoms with E-state index in [1.54, 1.807) is 42.0 Å². The van der Waals surface area contributed by atoms with Crippen LogP contribution in [0, 0.1) is 23.7 Å². The number of rotatable bonds is 5. The summed E-state index contributed by atoms with van der Waals surface area (Å²) < 4.78 is 0. The van der Waals surface area contributed by atoms with E-state index in [-0.39, 0.29) is 6.42 Å². The Bertz CT molecular complexity index is 1180. The molecule has 0 unspecified atom stereocenters. The first kappa shape index (κ1) is 21.2. The maximum atomic E-state index is 12.5. The van der Waals surface area contributed by atoms with E-state index in [1.165, 1.54) is 6.33 Å². The van der Waals surface area contributed by atoms with Crippen LogP contribution in [-0.4, -0.2) is 33.0 Å². The number of imidazole rings is 1. The van der Waals surface area contributed by atoms with E-state index in [0.717, 1.165) is 0 Å². The molecule has 0 aliphatic carbocycles. The van der Waals surface area contributed by atoms with E-state index in [9.17, 15) is 9.59 Å². The molecule has 0 bridgehead atoms. The molecule has 0 saturated heterocycles. The first-order valence-corrected chi connectivity index (χ1v) is 9.26. The zero-order chi connectivity index (χ0) is 22.1. The number of nitrogens with zero attached hydrogens (tertiary/aromatic N) is 1. The van der Waals surface area contributed by atoms with Gasteiger partial charge in [0.2, 0.25) is 0 Å². The van der Waals surface area contributed by atoms with Gasteiger partial charge < -0.3 is 16.0 Å². The summed E-state index contributed by atoms with van der Waals surface area (Å²) >= 11 is 0. The number of aromatic nitrogens is 2. The number of anilines is 1. The van der Waals surface area contributed by atoms with Crippen LogP contribution in [0.25, 0.3) is 0 Å². The molecule has 0 aliphatic heterocycles. The van der Waals surface area contributed by atoms with Gasteiger partial charge in [0.1, 0.15) is 6.04 Å². The molecule has 1 heterocycles. The predicted molar refractivity (Wildman–Crippen MR) is 115 cm³/mol. The number of aromatic amines is 1. The van der Waals surface area contributed by atoms with Crippen molar-refractivity contribution in [2.24, 2.45) is 0 Å². The fourth-order valence-corrected chi connectivity index (χ4v) is 2.66. The highest BCUT2D eigenvalue weighted by atomic mass is 16.5. The molecule has 31 heavy (non-hydrogen) atoms. The minimum absolute atomic E-state index is 0.121. The number of carbonyl (C=O) groups is 2. The average Bonchev–Trinajstić information content (AvgIpc) is 3.30. The monoisotopic (exact) mass is 413 g/mol. The number of H-pyrrole nitrogens is 1. The summed E-state index contributed by atoms with van der Waals surface area (Å²) in [6, 6.07) is 12.8. The molecule has 1 atom stereocenters. The minimum Gasteiger partial charge on any atom is -0.398 e. The molecule has 3 aromatic rings. The second-order valence-electron chi connectivity index (χ2n) is 6.43. The molecule has 0 saturated carbocycles. The van der Waals surface area contributed by atoms with Crippen LogP contribution >= 0.6 is 0 Å². The molecule has 0 spiro atoms. The molecule has 2 aromatic carbocycles. The van der Waals surface area contributed by atoms with Crippen molar-refractivity contribution in [3.05, 3.63) is 83.4 Å². The molecular formula is C23H19N5O3. The molecule has 8 heteroatoms. The summed E-state index contributed by atoms with van der Waals surface area (Å²) in [5.41, 5.74) is 10.3. The van der Waals surface area contributed by atoms with Gasteiger partial charge in [-0.3, -0.25) is 14.8 Å². The van der Waals surface area contributed by atoms with Crippen LogP contribution in [0.2, 0.25) is 0 Å². The number of hydrogen-bond acceptors (Lipinski definition) is 5. The van der Waals surface area contributed by atoms with Crippen molar-refractivity contribution in [2.75, 3.05) is 5.73 Å². The molecule has 8 nitrogen and oxygen atoms in total. The molecule has 2 amide bonds. The fraction of sp³-hybridized carbons (Fsp3) is 0.0870. The first-order chi connectivity index (χ1) is 15.1. The number of carbonyl (C=O) groups excluding carboxylic acids is 2. The number of hydrogen-bond donors (Lipinski definition) is 5. The lowest BCUT2D eigenvalue weighted by Gasteiger charge is -2.15. The van der Waals surface area contributed by atoms with Crippen molar-refractivity contribution in [3.8, 4) is 23.7 Å². The third-order valence-corrected chi connectivity index (χ3v) is 4.27. The lowest BCUT2D eigenvalue weighted by molar-refractivity contribution is -0.131. The van der Waals surface area contributed by atoms with Crippen LogP contribution in [0.15, 0.2) is 61.1 Å². The van der Waals surface area contributed by atoms with Gasteiger partial charge in [-0.05, 0) is 48.2 Å². The number of para-hydroxylation sites is 1. The van der Waals surface area contributed by atoms with Gasteiger partial charge >= 0.3 is 0 Å². The van der Waals surface area contributed by atoms with Crippen LogP contribution in [0.1, 0.15) is 27.2 Å². The second kappa shape index (κ2) is 10.3. The van der Waals surface area contributed by atoms with Crippen molar-refractivity contribution in [3.63, 3.8) is 0 Å². The zero-order valence-corrected chi connectivity index (χ0v) is 16.3. The number of nitrogens with two attached hydrogens (primary N) is 1. The minimum atomic E-state index is -0.985. The summed E-state index contributed by atoms with van der Waals surface area (Å²) in [5, 5.41) is 11.5. The molecule has 0 aliphatic rings. The van der Waals surface area contributed by atoms with Crippen LogP contribution in [0.4, 0.5) is 5.69 Å². The summed E-state index contributed by atoms with van der Waals surface area (Å²) in [7, 11) is 0. The molecule has 154 valence electrons. The van der Waals surface area contributed by atoms with Gasteiger partial charge in [-0.1, -0.05) is 24.0 Å². The lowest BCUT2D eigenvalue weighted by atomic mass is 10.1. The number of hydroxylamine groups is 1. The van der Waals surface area contributed by atoms with Gasteiger partial charge in [-0.25, -0.2) is 10.5 Å². The molecule has 6 N–H and O–H groups in total. The number of amides is 2. The van der Waals surface area contributed by atoms with Crippen LogP contribution in [-0.2, 0) is 11.2 Å². The van der Waals surface area contributed by atoms with E-state index in [2.05, 4.69) is 39.0 Å². The van der Waals surface area contributed by atoms with Crippen molar-refractivity contribution >= 4 is 17.5 Å². The third-order valence-electron chi connectivity index (χ3n) is 4.27. The third kappa shape index (κ3) is 5.97. The second-order valence-corrected chi connectivity index (χ2v) is 6.43. The van der Waals surface area contributed by atoms with E-state index < -0.39 is 17.9 Å². The molecule has 1 aromatic heterocycles. The average molecular weight is 413 g/mol. The lowest BCUT2D eigenvalue weighted by Crippen LogP contribution is -2.47. The Hall–Kier alpha value is -4.53. The van der Waals surface area contributed by atoms with Crippen molar-refractivity contribution in [1.82, 2.24) is 20.8 Å². The van der Waals surface area contributed by atoms with E-state index in [4.69, 9.17) is 10.9 Å². The Labute approximate surface area is 178 Å². The van der Waals surface area contributed by atoms with Crippen molar-refractivity contribution in [2.45, 2.75) is 12.5 Å². The first-order valence-electron chi connectivity index (χ1n) is 9.26. The van der Waals surface area contributed by atoms with Gasteiger partial charge in [0.05, 0.1) is 12.0 Å². The Balaban J connectivity index is 1.65. The Kier molecular flexibility index (Phi) is 7.04. The van der Waals surface area contributed by atoms with Gasteiger partial charge in [-0.15, -0.1) is 0 Å². The number of benzene rings is 2. The highest BCUT2D eigenvalue weighted by molar-refractivity contribution is 5.97. The Morgan fingerprint density at radius 2 is 1.84 bits per heavy atom. The Morgan fingerprint density at radius 1 is 1.10 bits per heavy atom. The summed E-state index contributed by atoms with van der Waals surface area (Å²) in [6.45, 7) is 0. The van der Waals surface area contributed by atoms with Gasteiger partial charge in [0.15, 0.2) is 0 Å². The normalized spacial score (nSPS) is 10.6. The highest BCUT2D eigenvalue weighted by Gasteiger charge is 2.22. The van der Waals surface area contributed by atoms with Crippen LogP contribution < -0.4 is 16.5 Å². The fourth-order valence-electron chi connectivity index (χ4n) is 2.66. The van der Waals surface area contributed by atoms with Gasteiger partial charge in [-0.2, -0.15) is 0 Å². The van der Waals surface area contributed by atoms with E-state index in [1.807, 2.05) is 18.2 Å². The maximum Gasteiger partial charge on any atom is 0.266 e. The predicted octanol–water partition coefficient (Wildman–Crippen LogP) is 1.24. The summed E-state index contributed by atoms with van der Waals surface area (Å²) in [4.78, 5) is 31.2. The van der Waals surface area contributed by atoms with Crippen LogP contribution in [0.3, 0.4) is 0 Å². The Morgan fingerprint density at radius 3 is 2.52 bits per heavy atom. The quantitative estimate of drug-likeness (QED) is 0.186. The SMILES string of the molecule is Nc1ccccc1C#CC#Cc1ccc(C(=O)N[C@@H](Cc2c[nH]cn2)C(=O)NO)cc1. The van der Waals surface area contributed by atoms with Crippen molar-refractivity contribution in [1.29, 1.82) is 0 Å². The summed E-state index contributed by atoms with van der Waals surface area (Å²) in [6.07, 6.45) is 3.19. The summed E-state index contributed by atoms with van der Waals surface area (Å²) in [5.74, 6) is 10.1. The largest absolute Gasteiger partial charge is 0.398 e. The highest BCUT2D eigenvalue weighted by Crippen LogP contribution is 2.08. The maximum absolute atomic E-state index is 12.5. The topological polar surface area (TPSA) is 133 Å². The zero-order valence-electron chi connectivity index (χ0n) is 16.3. The standard InChI is InChI=1S/C23H19N5O3/c24-20-8-4-3-7-17(20)6-2-1-5-16-9-11-18(12-10-16)22(29)27-21(23(30)28-31)13-19-14-25-15-26-19/h3-4,7-12,14-15,21,31H,13,24H2,(H,25,26)(H,27,29)(H,28,30)/t21-/m0/s1. The molecular weight excluding hydrogens is 394 g/mol. The smallest absolute Gasteiger partial charge is 0.266 e. The number of nitrogens with one attached hydrogen (secondary N) is 3. The number of nitrogen functional groups attached to an aromatic ring is 1. The van der Waals surface area contributed by atoms with E-state index >= 15 is 0 Å². The van der Waals surface area contributed by atoms with E-state index in [0.29, 0.717) is 28.1 Å². The molecule has 0 radical (unpaired) electrons. The van der Waals surface area contributed by atoms with Crippen molar-refractivity contribution < 1.29 is 14.8 Å². The van der Waals surface area contributed by atoms with Gasteiger partial charge in [0.25, 0.3) is 11.8 Å². The molecule has 0 fully saturated rings. The van der Waals surface area contributed by atoms with Crippen LogP contribution in [0.5, 0.6) is 0 Å².